The lowest BCUT2D eigenvalue weighted by Gasteiger charge is -2.11. The molecule has 0 spiro atoms. The summed E-state index contributed by atoms with van der Waals surface area (Å²) in [6, 6.07) is 7.98. The maximum atomic E-state index is 12.5. The van der Waals surface area contributed by atoms with Crippen molar-refractivity contribution in [3.8, 4) is 5.69 Å². The van der Waals surface area contributed by atoms with Crippen LogP contribution < -0.4 is 5.32 Å². The smallest absolute Gasteiger partial charge is 0.254 e. The van der Waals surface area contributed by atoms with Crippen LogP contribution in [0.1, 0.15) is 35.0 Å². The van der Waals surface area contributed by atoms with Gasteiger partial charge in [0, 0.05) is 6.54 Å². The molecule has 1 atom stereocenters. The Morgan fingerprint density at radius 1 is 1.32 bits per heavy atom. The molecule has 0 saturated carbocycles. The molecule has 0 bridgehead atoms. The van der Waals surface area contributed by atoms with E-state index in [0.717, 1.165) is 11.4 Å². The van der Waals surface area contributed by atoms with E-state index in [-0.39, 0.29) is 23.3 Å². The van der Waals surface area contributed by atoms with Gasteiger partial charge in [-0.1, -0.05) is 24.6 Å². The Morgan fingerprint density at radius 3 is 2.64 bits per heavy atom. The number of carbonyl (C=O) groups excluding carboxylic acids is 1. The molecule has 1 aromatic heterocycles. The summed E-state index contributed by atoms with van der Waals surface area (Å²) >= 11 is 0. The highest BCUT2D eigenvalue weighted by Crippen LogP contribution is 2.19. The zero-order valence-electron chi connectivity index (χ0n) is 14.5. The number of carbonyl (C=O) groups is 1. The molecule has 7 heteroatoms. The molecular weight excluding hydrogens is 338 g/mol. The standard InChI is InChI=1S/C18H23N3O3S/c1-3-17-16(11-20-21(17)15-6-4-13(2)5-7-15)18(22)19-10-14-8-9-25(23,24)12-14/h4-7,11,14H,3,8-10,12H2,1-2H3,(H,19,22)/t14-/m0/s1. The fourth-order valence-corrected chi connectivity index (χ4v) is 5.04. The van der Waals surface area contributed by atoms with E-state index in [1.165, 1.54) is 5.56 Å². The molecule has 2 heterocycles. The normalized spacial score (nSPS) is 19.0. The first kappa shape index (κ1) is 17.7. The van der Waals surface area contributed by atoms with Crippen LogP contribution in [0.15, 0.2) is 30.5 Å². The monoisotopic (exact) mass is 361 g/mol. The lowest BCUT2D eigenvalue weighted by atomic mass is 10.1. The number of nitrogens with one attached hydrogen (secondary N) is 1. The number of hydrogen-bond donors (Lipinski definition) is 1. The Hall–Kier alpha value is -2.15. The van der Waals surface area contributed by atoms with Crippen molar-refractivity contribution in [3.63, 3.8) is 0 Å². The first-order chi connectivity index (χ1) is 11.9. The average molecular weight is 361 g/mol. The number of aryl methyl sites for hydroxylation is 1. The fraction of sp³-hybridized carbons (Fsp3) is 0.444. The van der Waals surface area contributed by atoms with Gasteiger partial charge >= 0.3 is 0 Å². The van der Waals surface area contributed by atoms with Crippen molar-refractivity contribution in [2.45, 2.75) is 26.7 Å². The molecule has 3 rings (SSSR count). The van der Waals surface area contributed by atoms with Gasteiger partial charge in [0.25, 0.3) is 5.91 Å². The van der Waals surface area contributed by atoms with Crippen LogP contribution in [0.25, 0.3) is 5.69 Å². The minimum Gasteiger partial charge on any atom is -0.352 e. The van der Waals surface area contributed by atoms with Crippen molar-refractivity contribution in [3.05, 3.63) is 47.3 Å². The van der Waals surface area contributed by atoms with Crippen LogP contribution >= 0.6 is 0 Å². The van der Waals surface area contributed by atoms with E-state index in [2.05, 4.69) is 10.4 Å². The summed E-state index contributed by atoms with van der Waals surface area (Å²) in [7, 11) is -2.92. The van der Waals surface area contributed by atoms with E-state index in [0.29, 0.717) is 24.9 Å². The van der Waals surface area contributed by atoms with Gasteiger partial charge in [0.2, 0.25) is 0 Å². The number of amides is 1. The summed E-state index contributed by atoms with van der Waals surface area (Å²) in [5.41, 5.74) is 3.48. The van der Waals surface area contributed by atoms with Crippen LogP contribution in [-0.4, -0.2) is 42.2 Å². The number of hydrogen-bond acceptors (Lipinski definition) is 4. The summed E-state index contributed by atoms with van der Waals surface area (Å²) in [6.07, 6.45) is 2.87. The SMILES string of the molecule is CCc1c(C(=O)NC[C@@H]2CCS(=O)(=O)C2)cnn1-c1ccc(C)cc1. The van der Waals surface area contributed by atoms with E-state index < -0.39 is 9.84 Å². The highest BCUT2D eigenvalue weighted by Gasteiger charge is 2.28. The van der Waals surface area contributed by atoms with Gasteiger partial charge in [0.05, 0.1) is 34.6 Å². The zero-order valence-corrected chi connectivity index (χ0v) is 15.3. The summed E-state index contributed by atoms with van der Waals surface area (Å²) in [6.45, 7) is 4.40. The van der Waals surface area contributed by atoms with Gasteiger partial charge in [-0.05, 0) is 37.8 Å². The lowest BCUT2D eigenvalue weighted by molar-refractivity contribution is 0.0947. The molecule has 0 aliphatic carbocycles. The Balaban J connectivity index is 1.74. The maximum Gasteiger partial charge on any atom is 0.254 e. The van der Waals surface area contributed by atoms with Crippen LogP contribution in [0, 0.1) is 12.8 Å². The van der Waals surface area contributed by atoms with Gasteiger partial charge in [-0.25, -0.2) is 13.1 Å². The predicted molar refractivity (Wildman–Crippen MR) is 96.8 cm³/mol. The number of sulfone groups is 1. The number of rotatable bonds is 5. The van der Waals surface area contributed by atoms with Crippen molar-refractivity contribution in [1.29, 1.82) is 0 Å². The summed E-state index contributed by atoms with van der Waals surface area (Å²) < 4.78 is 24.8. The molecule has 1 aliphatic rings. The van der Waals surface area contributed by atoms with Gasteiger partial charge in [-0.15, -0.1) is 0 Å². The van der Waals surface area contributed by atoms with Crippen LogP contribution in [-0.2, 0) is 16.3 Å². The Bertz CT molecular complexity index is 869. The van der Waals surface area contributed by atoms with E-state index in [9.17, 15) is 13.2 Å². The first-order valence-corrected chi connectivity index (χ1v) is 10.3. The van der Waals surface area contributed by atoms with E-state index >= 15 is 0 Å². The molecular formula is C18H23N3O3S. The third-order valence-corrected chi connectivity index (χ3v) is 6.44. The fourth-order valence-electron chi connectivity index (χ4n) is 3.18. The molecule has 25 heavy (non-hydrogen) atoms. The molecule has 0 unspecified atom stereocenters. The van der Waals surface area contributed by atoms with Gasteiger partial charge in [-0.3, -0.25) is 4.79 Å². The maximum absolute atomic E-state index is 12.5. The molecule has 1 saturated heterocycles. The molecule has 1 aliphatic heterocycles. The van der Waals surface area contributed by atoms with E-state index in [1.807, 2.05) is 38.1 Å². The second-order valence-electron chi connectivity index (χ2n) is 6.58. The Labute approximate surface area is 148 Å². The van der Waals surface area contributed by atoms with E-state index in [4.69, 9.17) is 0 Å². The predicted octanol–water partition coefficient (Wildman–Crippen LogP) is 1.91. The van der Waals surface area contributed by atoms with Crippen molar-refractivity contribution >= 4 is 15.7 Å². The van der Waals surface area contributed by atoms with Gasteiger partial charge in [-0.2, -0.15) is 5.10 Å². The molecule has 1 N–H and O–H groups in total. The third-order valence-electron chi connectivity index (χ3n) is 4.60. The Kier molecular flexibility index (Phi) is 4.94. The van der Waals surface area contributed by atoms with Crippen molar-refractivity contribution in [1.82, 2.24) is 15.1 Å². The van der Waals surface area contributed by atoms with Crippen LogP contribution in [0.3, 0.4) is 0 Å². The van der Waals surface area contributed by atoms with E-state index in [1.54, 1.807) is 10.9 Å². The van der Waals surface area contributed by atoms with Crippen molar-refractivity contribution in [2.75, 3.05) is 18.1 Å². The summed E-state index contributed by atoms with van der Waals surface area (Å²) in [5.74, 6) is 0.195. The minimum absolute atomic E-state index is 0.00571. The second kappa shape index (κ2) is 7.00. The van der Waals surface area contributed by atoms with Crippen molar-refractivity contribution < 1.29 is 13.2 Å². The Morgan fingerprint density at radius 2 is 2.04 bits per heavy atom. The van der Waals surface area contributed by atoms with Gasteiger partial charge in [0.1, 0.15) is 0 Å². The van der Waals surface area contributed by atoms with Crippen LogP contribution in [0.5, 0.6) is 0 Å². The highest BCUT2D eigenvalue weighted by molar-refractivity contribution is 7.91. The molecule has 134 valence electrons. The average Bonchev–Trinajstić information content (AvgIpc) is 3.16. The number of aromatic nitrogens is 2. The molecule has 2 aromatic rings. The molecule has 0 radical (unpaired) electrons. The number of nitrogens with zero attached hydrogens (tertiary/aromatic N) is 2. The summed E-state index contributed by atoms with van der Waals surface area (Å²) in [4.78, 5) is 12.5. The molecule has 1 aromatic carbocycles. The van der Waals surface area contributed by atoms with Crippen molar-refractivity contribution in [2.24, 2.45) is 5.92 Å². The van der Waals surface area contributed by atoms with Crippen LogP contribution in [0.4, 0.5) is 0 Å². The molecule has 1 amide bonds. The largest absolute Gasteiger partial charge is 0.352 e. The molecule has 6 nitrogen and oxygen atoms in total. The number of benzene rings is 1. The quantitative estimate of drug-likeness (QED) is 0.882. The summed E-state index contributed by atoms with van der Waals surface area (Å²) in [5, 5.41) is 7.24. The molecule has 1 fully saturated rings. The third kappa shape index (κ3) is 3.92. The lowest BCUT2D eigenvalue weighted by Crippen LogP contribution is -2.30. The second-order valence-corrected chi connectivity index (χ2v) is 8.81. The first-order valence-electron chi connectivity index (χ1n) is 8.52. The van der Waals surface area contributed by atoms with Gasteiger partial charge < -0.3 is 5.32 Å². The zero-order chi connectivity index (χ0) is 18.0. The van der Waals surface area contributed by atoms with Crippen LogP contribution in [0.2, 0.25) is 0 Å². The van der Waals surface area contributed by atoms with Gasteiger partial charge in [0.15, 0.2) is 9.84 Å². The minimum atomic E-state index is -2.92. The topological polar surface area (TPSA) is 81.1 Å². The highest BCUT2D eigenvalue weighted by atomic mass is 32.2.